The van der Waals surface area contributed by atoms with Gasteiger partial charge < -0.3 is 15.3 Å². The van der Waals surface area contributed by atoms with Crippen LogP contribution in [0.1, 0.15) is 40.0 Å². The molecule has 92 valence electrons. The van der Waals surface area contributed by atoms with Gasteiger partial charge in [-0.3, -0.25) is 0 Å². The van der Waals surface area contributed by atoms with Gasteiger partial charge in [-0.1, -0.05) is 32.6 Å². The molecule has 3 heteroatoms. The van der Waals surface area contributed by atoms with Gasteiger partial charge in [0.2, 0.25) is 0 Å². The van der Waals surface area contributed by atoms with Crippen molar-refractivity contribution in [2.75, 3.05) is 13.2 Å². The molecule has 0 aromatic heterocycles. The smallest absolute Gasteiger partial charge is 0.0848 e. The summed E-state index contributed by atoms with van der Waals surface area (Å²) < 4.78 is 0. The highest BCUT2D eigenvalue weighted by molar-refractivity contribution is 4.79. The fourth-order valence-corrected chi connectivity index (χ4v) is 0.359. The molecule has 0 spiro atoms. The van der Waals surface area contributed by atoms with Crippen LogP contribution in [0.15, 0.2) is 24.5 Å². The molecule has 0 aliphatic rings. The standard InChI is InChI=1S/C6H12O.C4H8O.C2H6O/c1-2-3-4-5-6-7;1-3-4(2)5;1-2-3/h3-4,7H,2,5-6H2,1H3;5H,2-3H2,1H3;3H,2H2,1H3. The van der Waals surface area contributed by atoms with E-state index in [2.05, 4.69) is 19.6 Å². The highest BCUT2D eigenvalue weighted by Gasteiger charge is 1.71. The van der Waals surface area contributed by atoms with Gasteiger partial charge >= 0.3 is 0 Å². The van der Waals surface area contributed by atoms with Crippen molar-refractivity contribution in [2.45, 2.75) is 40.0 Å². The highest BCUT2D eigenvalue weighted by atomic mass is 16.3. The second-order valence-corrected chi connectivity index (χ2v) is 2.63. The predicted molar refractivity (Wildman–Crippen MR) is 66.0 cm³/mol. The van der Waals surface area contributed by atoms with Crippen LogP contribution in [0.5, 0.6) is 0 Å². The largest absolute Gasteiger partial charge is 0.513 e. The minimum absolute atomic E-state index is 0.250. The summed E-state index contributed by atoms with van der Waals surface area (Å²) in [4.78, 5) is 0. The van der Waals surface area contributed by atoms with E-state index in [1.807, 2.05) is 13.0 Å². The Bertz CT molecular complexity index is 131. The Morgan fingerprint density at radius 1 is 1.13 bits per heavy atom. The molecule has 0 heterocycles. The minimum atomic E-state index is 0.250. The fourth-order valence-electron chi connectivity index (χ4n) is 0.359. The van der Waals surface area contributed by atoms with E-state index in [1.54, 1.807) is 6.92 Å². The number of allylic oxidation sites excluding steroid dienone is 2. The van der Waals surface area contributed by atoms with E-state index in [1.165, 1.54) is 0 Å². The van der Waals surface area contributed by atoms with Crippen LogP contribution in [0.25, 0.3) is 0 Å². The first kappa shape index (κ1) is 19.7. The van der Waals surface area contributed by atoms with Crippen LogP contribution >= 0.6 is 0 Å². The van der Waals surface area contributed by atoms with Gasteiger partial charge in [-0.15, -0.1) is 0 Å². The van der Waals surface area contributed by atoms with E-state index < -0.39 is 0 Å². The molecule has 15 heavy (non-hydrogen) atoms. The monoisotopic (exact) mass is 218 g/mol. The summed E-state index contributed by atoms with van der Waals surface area (Å²) in [6.45, 7) is 9.36. The molecule has 0 aliphatic heterocycles. The fraction of sp³-hybridized carbons (Fsp3) is 0.667. The zero-order chi connectivity index (χ0) is 12.5. The zero-order valence-corrected chi connectivity index (χ0v) is 10.2. The Morgan fingerprint density at radius 3 is 1.73 bits per heavy atom. The molecule has 0 bridgehead atoms. The average Bonchev–Trinajstić information content (AvgIpc) is 2.21. The number of aliphatic hydroxyl groups excluding tert-OH is 3. The first-order valence-corrected chi connectivity index (χ1v) is 5.33. The van der Waals surface area contributed by atoms with E-state index in [0.29, 0.717) is 6.42 Å². The van der Waals surface area contributed by atoms with Gasteiger partial charge in [0, 0.05) is 19.6 Å². The molecule has 0 fully saturated rings. The third kappa shape index (κ3) is 61.2. The third-order valence-electron chi connectivity index (χ3n) is 1.11. The lowest BCUT2D eigenvalue weighted by Gasteiger charge is -1.80. The summed E-state index contributed by atoms with van der Waals surface area (Å²) in [5, 5.41) is 24.0. The Kier molecular flexibility index (Phi) is 30.5. The van der Waals surface area contributed by atoms with E-state index >= 15 is 0 Å². The molecule has 0 aromatic rings. The van der Waals surface area contributed by atoms with Crippen LogP contribution in [-0.4, -0.2) is 28.5 Å². The molecule has 0 saturated heterocycles. The Balaban J connectivity index is -0.000000158. The second-order valence-electron chi connectivity index (χ2n) is 2.63. The lowest BCUT2D eigenvalue weighted by atomic mass is 10.3. The van der Waals surface area contributed by atoms with Crippen molar-refractivity contribution in [3.63, 3.8) is 0 Å². The number of hydrogen-bond donors (Lipinski definition) is 3. The normalized spacial score (nSPS) is 8.60. The summed E-state index contributed by atoms with van der Waals surface area (Å²) in [6.07, 6.45) is 6.57. The molecule has 0 saturated carbocycles. The lowest BCUT2D eigenvalue weighted by molar-refractivity contribution is 0.302. The predicted octanol–water partition coefficient (Wildman–Crippen LogP) is 2.80. The maximum absolute atomic E-state index is 8.24. The molecular weight excluding hydrogens is 192 g/mol. The lowest BCUT2D eigenvalue weighted by Crippen LogP contribution is -1.73. The van der Waals surface area contributed by atoms with Gasteiger partial charge in [-0.05, 0) is 19.8 Å². The van der Waals surface area contributed by atoms with Crippen molar-refractivity contribution in [1.29, 1.82) is 0 Å². The first-order valence-electron chi connectivity index (χ1n) is 5.33. The van der Waals surface area contributed by atoms with Crippen molar-refractivity contribution in [3.05, 3.63) is 24.5 Å². The number of rotatable bonds is 4. The highest BCUT2D eigenvalue weighted by Crippen LogP contribution is 1.84. The number of aliphatic hydroxyl groups is 3. The summed E-state index contributed by atoms with van der Waals surface area (Å²) in [5.41, 5.74) is 0. The van der Waals surface area contributed by atoms with Crippen LogP contribution in [0.2, 0.25) is 0 Å². The summed E-state index contributed by atoms with van der Waals surface area (Å²) in [7, 11) is 0. The van der Waals surface area contributed by atoms with Crippen molar-refractivity contribution >= 4 is 0 Å². The molecule has 3 N–H and O–H groups in total. The van der Waals surface area contributed by atoms with Gasteiger partial charge in [-0.25, -0.2) is 0 Å². The minimum Gasteiger partial charge on any atom is -0.513 e. The maximum atomic E-state index is 8.24. The average molecular weight is 218 g/mol. The Morgan fingerprint density at radius 2 is 1.53 bits per heavy atom. The Labute approximate surface area is 93.8 Å². The van der Waals surface area contributed by atoms with Crippen molar-refractivity contribution in [1.82, 2.24) is 0 Å². The number of hydrogen-bond acceptors (Lipinski definition) is 3. The van der Waals surface area contributed by atoms with Gasteiger partial charge in [0.25, 0.3) is 0 Å². The summed E-state index contributed by atoms with van der Waals surface area (Å²) in [5.74, 6) is 0.255. The van der Waals surface area contributed by atoms with E-state index in [9.17, 15) is 0 Å². The van der Waals surface area contributed by atoms with Crippen molar-refractivity contribution < 1.29 is 15.3 Å². The summed E-state index contributed by atoms with van der Waals surface area (Å²) >= 11 is 0. The van der Waals surface area contributed by atoms with E-state index in [0.717, 1.165) is 12.8 Å². The van der Waals surface area contributed by atoms with Crippen LogP contribution in [0, 0.1) is 0 Å². The molecular formula is C12H26O3. The summed E-state index contributed by atoms with van der Waals surface area (Å²) in [6, 6.07) is 0. The maximum Gasteiger partial charge on any atom is 0.0848 e. The van der Waals surface area contributed by atoms with E-state index in [-0.39, 0.29) is 19.0 Å². The van der Waals surface area contributed by atoms with Crippen LogP contribution in [-0.2, 0) is 0 Å². The van der Waals surface area contributed by atoms with Crippen LogP contribution in [0.4, 0.5) is 0 Å². The van der Waals surface area contributed by atoms with Gasteiger partial charge in [-0.2, -0.15) is 0 Å². The molecule has 0 aliphatic carbocycles. The van der Waals surface area contributed by atoms with E-state index in [4.69, 9.17) is 15.3 Å². The van der Waals surface area contributed by atoms with Gasteiger partial charge in [0.05, 0.1) is 5.76 Å². The quantitative estimate of drug-likeness (QED) is 0.502. The second kappa shape index (κ2) is 23.2. The van der Waals surface area contributed by atoms with Crippen LogP contribution in [0.3, 0.4) is 0 Å². The molecule has 0 aromatic carbocycles. The topological polar surface area (TPSA) is 60.7 Å². The zero-order valence-electron chi connectivity index (χ0n) is 10.2. The SMILES string of the molecule is C=C(O)CC.CCC=CCCO.CCO. The molecule has 0 amide bonds. The first-order chi connectivity index (χ1) is 7.10. The molecule has 0 atom stereocenters. The van der Waals surface area contributed by atoms with Crippen molar-refractivity contribution in [3.8, 4) is 0 Å². The third-order valence-corrected chi connectivity index (χ3v) is 1.11. The molecule has 0 radical (unpaired) electrons. The Hall–Kier alpha value is -0.800. The molecule has 0 unspecified atom stereocenters. The van der Waals surface area contributed by atoms with Crippen LogP contribution < -0.4 is 0 Å². The van der Waals surface area contributed by atoms with Gasteiger partial charge in [0.15, 0.2) is 0 Å². The van der Waals surface area contributed by atoms with Gasteiger partial charge in [0.1, 0.15) is 0 Å². The van der Waals surface area contributed by atoms with Crippen molar-refractivity contribution in [2.24, 2.45) is 0 Å². The molecule has 3 nitrogen and oxygen atoms in total. The molecule has 0 rings (SSSR count).